The highest BCUT2D eigenvalue weighted by molar-refractivity contribution is 7.99. The van der Waals surface area contributed by atoms with Gasteiger partial charge in [0.25, 0.3) is 0 Å². The van der Waals surface area contributed by atoms with E-state index in [1.165, 1.54) is 28.5 Å². The van der Waals surface area contributed by atoms with Crippen LogP contribution in [0.15, 0.2) is 40.5 Å². The smallest absolute Gasteiger partial charge is 0.349 e. The maximum absolute atomic E-state index is 15.3. The molecule has 4 aromatic rings. The number of anilines is 1. The number of aromatic nitrogens is 5. The van der Waals surface area contributed by atoms with Gasteiger partial charge in [-0.1, -0.05) is 18.2 Å². The van der Waals surface area contributed by atoms with Crippen molar-refractivity contribution in [2.45, 2.75) is 56.1 Å². The average molecular weight is 739 g/mol. The molecule has 5 heterocycles. The molecule has 3 aliphatic heterocycles. The number of carbonyl (C=O) groups is 1. The molecule has 1 amide bonds. The van der Waals surface area contributed by atoms with Gasteiger partial charge in [0.2, 0.25) is 11.7 Å². The van der Waals surface area contributed by atoms with E-state index in [1.807, 2.05) is 23.6 Å². The molecule has 0 unspecified atom stereocenters. The van der Waals surface area contributed by atoms with E-state index in [1.54, 1.807) is 4.90 Å². The number of benzene rings is 2. The normalized spacial score (nSPS) is 21.1. The van der Waals surface area contributed by atoms with Crippen LogP contribution in [0.4, 0.5) is 32.2 Å². The number of alkyl halides is 3. The zero-order chi connectivity index (χ0) is 35.8. The summed E-state index contributed by atoms with van der Waals surface area (Å²) in [5.41, 5.74) is -0.489. The Morgan fingerprint density at radius 2 is 1.80 bits per heavy atom. The monoisotopic (exact) mass is 738 g/mol. The minimum atomic E-state index is -4.65. The van der Waals surface area contributed by atoms with E-state index in [0.29, 0.717) is 40.8 Å². The lowest BCUT2D eigenvalue weighted by atomic mass is 10.0. The number of halogens is 7. The number of rotatable bonds is 5. The predicted molar refractivity (Wildman–Crippen MR) is 175 cm³/mol. The molecule has 0 N–H and O–H groups in total. The number of hydrogen-bond acceptors (Lipinski definition) is 8. The molecule has 1 saturated heterocycles. The Bertz CT molecular complexity index is 2120. The van der Waals surface area contributed by atoms with Crippen LogP contribution in [0.2, 0.25) is 5.02 Å². The lowest BCUT2D eigenvalue weighted by Crippen LogP contribution is -2.58. The summed E-state index contributed by atoms with van der Waals surface area (Å²) in [6.45, 7) is 8.43. The third kappa shape index (κ3) is 5.72. The van der Waals surface area contributed by atoms with Gasteiger partial charge >= 0.3 is 11.9 Å². The molecule has 3 aliphatic rings. The quantitative estimate of drug-likeness (QED) is 0.150. The second-order valence-electron chi connectivity index (χ2n) is 12.6. The number of carbonyl (C=O) groups excluding carboxylic acids is 1. The highest BCUT2D eigenvalue weighted by Crippen LogP contribution is 2.48. The fourth-order valence-corrected chi connectivity index (χ4v) is 8.78. The minimum absolute atomic E-state index is 0.0132. The Hall–Kier alpha value is -4.09. The van der Waals surface area contributed by atoms with Crippen LogP contribution in [-0.4, -0.2) is 84.0 Å². The second-order valence-corrected chi connectivity index (χ2v) is 14.1. The van der Waals surface area contributed by atoms with Crippen LogP contribution in [0.3, 0.4) is 0 Å². The standard InChI is InChI=1S/C32H29ClF6N8O2S/c1-4-25(48)45-10-16(3)46(11-15(45)2)29-19-7-20(33)26(18-8-22(35)23(36)9-21(18)34)28-27(19)47(31(49)40-29)17(14-50-28)12-43-5-6-44-24(13-43)41-42-30(44)32(37,38)39/h4,7-9,15-17H,1,5-6,10-14H2,2-3H3/t15-,16+,17+/m1/s1. The van der Waals surface area contributed by atoms with Crippen LogP contribution in [-0.2, 0) is 24.1 Å². The maximum Gasteiger partial charge on any atom is 0.451 e. The van der Waals surface area contributed by atoms with Crippen LogP contribution >= 0.6 is 23.4 Å². The van der Waals surface area contributed by atoms with Crippen molar-refractivity contribution >= 4 is 46.0 Å². The molecule has 3 atom stereocenters. The number of hydrogen-bond donors (Lipinski definition) is 0. The first-order valence-corrected chi connectivity index (χ1v) is 17.0. The zero-order valence-corrected chi connectivity index (χ0v) is 28.2. The van der Waals surface area contributed by atoms with E-state index in [9.17, 15) is 31.5 Å². The Kier molecular flexibility index (Phi) is 8.66. The first kappa shape index (κ1) is 34.4. The maximum atomic E-state index is 15.3. The summed E-state index contributed by atoms with van der Waals surface area (Å²) in [5.74, 6) is -4.33. The van der Waals surface area contributed by atoms with E-state index in [2.05, 4.69) is 21.8 Å². The molecule has 0 spiro atoms. The zero-order valence-electron chi connectivity index (χ0n) is 26.6. The molecular formula is C32H29ClF6N8O2S. The molecule has 0 bridgehead atoms. The first-order valence-electron chi connectivity index (χ1n) is 15.7. The first-order chi connectivity index (χ1) is 23.7. The summed E-state index contributed by atoms with van der Waals surface area (Å²) in [7, 11) is 0. The van der Waals surface area contributed by atoms with Gasteiger partial charge in [-0.25, -0.2) is 18.0 Å². The molecule has 2 aromatic heterocycles. The van der Waals surface area contributed by atoms with Gasteiger partial charge in [-0.05, 0) is 32.1 Å². The van der Waals surface area contributed by atoms with Crippen molar-refractivity contribution in [3.8, 4) is 11.1 Å². The third-order valence-corrected chi connectivity index (χ3v) is 11.0. The summed E-state index contributed by atoms with van der Waals surface area (Å²) in [5, 5.41) is 7.57. The fraction of sp³-hybridized carbons (Fsp3) is 0.406. The molecule has 7 rings (SSSR count). The van der Waals surface area contributed by atoms with Gasteiger partial charge in [0.05, 0.1) is 23.1 Å². The topological polar surface area (TPSA) is 92.4 Å². The van der Waals surface area contributed by atoms with Gasteiger partial charge in [0, 0.05) is 78.0 Å². The van der Waals surface area contributed by atoms with Crippen LogP contribution < -0.4 is 10.6 Å². The Labute approximate surface area is 290 Å². The molecular weight excluding hydrogens is 710 g/mol. The van der Waals surface area contributed by atoms with Gasteiger partial charge in [0.1, 0.15) is 17.5 Å². The number of nitrogens with zero attached hydrogens (tertiary/aromatic N) is 8. The number of thioether (sulfide) groups is 1. The Morgan fingerprint density at radius 1 is 1.06 bits per heavy atom. The SMILES string of the molecule is C=CC(=O)N1C[C@H](C)N(c2nc(=O)n3c4c(c(-c5cc(F)c(F)cc5F)c(Cl)cc24)SC[C@@H]3CN2CCn3c(nnc3C(F)(F)F)C2)C[C@H]1C. The van der Waals surface area contributed by atoms with Crippen LogP contribution in [0.1, 0.15) is 31.5 Å². The van der Waals surface area contributed by atoms with Crippen molar-refractivity contribution in [3.63, 3.8) is 0 Å². The van der Waals surface area contributed by atoms with Crippen LogP contribution in [0, 0.1) is 17.5 Å². The van der Waals surface area contributed by atoms with Gasteiger partial charge in [-0.3, -0.25) is 14.3 Å². The van der Waals surface area contributed by atoms with Gasteiger partial charge in [0.15, 0.2) is 11.6 Å². The Balaban J connectivity index is 1.35. The lowest BCUT2D eigenvalue weighted by Gasteiger charge is -2.45. The summed E-state index contributed by atoms with van der Waals surface area (Å²) in [6, 6.07) is 1.55. The molecule has 0 saturated carbocycles. The van der Waals surface area contributed by atoms with E-state index < -0.39 is 41.2 Å². The minimum Gasteiger partial charge on any atom is -0.349 e. The molecule has 264 valence electrons. The van der Waals surface area contributed by atoms with Gasteiger partial charge in [-0.2, -0.15) is 18.2 Å². The number of fused-ring (bicyclic) bond motifs is 1. The second kappa shape index (κ2) is 12.6. The molecule has 50 heavy (non-hydrogen) atoms. The van der Waals surface area contributed by atoms with Gasteiger partial charge in [-0.15, -0.1) is 22.0 Å². The third-order valence-electron chi connectivity index (χ3n) is 9.43. The van der Waals surface area contributed by atoms with Crippen molar-refractivity contribution in [2.24, 2.45) is 0 Å². The molecule has 18 heteroatoms. The van der Waals surface area contributed by atoms with Crippen molar-refractivity contribution < 1.29 is 31.1 Å². The number of piperazine rings is 1. The summed E-state index contributed by atoms with van der Waals surface area (Å²) < 4.78 is 86.6. The highest BCUT2D eigenvalue weighted by atomic mass is 35.5. The highest BCUT2D eigenvalue weighted by Gasteiger charge is 2.41. The summed E-state index contributed by atoms with van der Waals surface area (Å²) in [4.78, 5) is 37.0. The van der Waals surface area contributed by atoms with E-state index in [-0.39, 0.29) is 71.9 Å². The molecule has 0 aliphatic carbocycles. The summed E-state index contributed by atoms with van der Waals surface area (Å²) >= 11 is 8.09. The molecule has 0 radical (unpaired) electrons. The molecule has 10 nitrogen and oxygen atoms in total. The van der Waals surface area contributed by atoms with E-state index in [0.717, 1.165) is 10.6 Å². The summed E-state index contributed by atoms with van der Waals surface area (Å²) in [6.07, 6.45) is -3.41. The van der Waals surface area contributed by atoms with Crippen molar-refractivity contribution in [2.75, 3.05) is 36.8 Å². The van der Waals surface area contributed by atoms with E-state index in [4.69, 9.17) is 11.6 Å². The largest absolute Gasteiger partial charge is 0.451 e. The van der Waals surface area contributed by atoms with Crippen molar-refractivity contribution in [3.05, 3.63) is 75.5 Å². The van der Waals surface area contributed by atoms with Crippen LogP contribution in [0.5, 0.6) is 0 Å². The van der Waals surface area contributed by atoms with Crippen molar-refractivity contribution in [1.82, 2.24) is 34.1 Å². The van der Waals surface area contributed by atoms with Crippen LogP contribution in [0.25, 0.3) is 22.0 Å². The van der Waals surface area contributed by atoms with E-state index >= 15 is 4.39 Å². The fourth-order valence-electron chi connectivity index (χ4n) is 7.10. The molecule has 1 fully saturated rings. The number of amides is 1. The lowest BCUT2D eigenvalue weighted by molar-refractivity contribution is -0.148. The van der Waals surface area contributed by atoms with Crippen molar-refractivity contribution in [1.29, 1.82) is 0 Å². The average Bonchev–Trinajstić information content (AvgIpc) is 3.50. The molecule has 2 aromatic carbocycles. The van der Waals surface area contributed by atoms with Gasteiger partial charge < -0.3 is 14.4 Å². The Morgan fingerprint density at radius 3 is 2.52 bits per heavy atom. The predicted octanol–water partition coefficient (Wildman–Crippen LogP) is 5.52.